The Hall–Kier alpha value is -1.50. The van der Waals surface area contributed by atoms with Gasteiger partial charge in [0.25, 0.3) is 5.91 Å². The Balaban J connectivity index is 2.30. The predicted octanol–water partition coefficient (Wildman–Crippen LogP) is 2.90. The van der Waals surface area contributed by atoms with Crippen LogP contribution in [0.5, 0.6) is 0 Å². The summed E-state index contributed by atoms with van der Waals surface area (Å²) in [5, 5.41) is 6.01. The van der Waals surface area contributed by atoms with Crippen LogP contribution in [0, 0.1) is 0 Å². The highest BCUT2D eigenvalue weighted by Crippen LogP contribution is 2.04. The van der Waals surface area contributed by atoms with Crippen molar-refractivity contribution in [3.63, 3.8) is 0 Å². The summed E-state index contributed by atoms with van der Waals surface area (Å²) >= 11 is 5.17. The molecule has 0 spiro atoms. The van der Waals surface area contributed by atoms with Crippen LogP contribution >= 0.6 is 12.2 Å². The topological polar surface area (TPSA) is 59.6 Å². The second-order valence-corrected chi connectivity index (χ2v) is 6.22. The second kappa shape index (κ2) is 11.1. The number of hydrogen-bond acceptors (Lipinski definition) is 4. The second-order valence-electron chi connectivity index (χ2n) is 5.81. The Kier molecular flexibility index (Phi) is 9.52. The molecule has 0 aliphatic rings. The van der Waals surface area contributed by atoms with Crippen LogP contribution in [0.25, 0.3) is 0 Å². The minimum atomic E-state index is -0.226. The van der Waals surface area contributed by atoms with E-state index in [1.165, 1.54) is 0 Å². The van der Waals surface area contributed by atoms with E-state index in [1.807, 2.05) is 39.0 Å². The summed E-state index contributed by atoms with van der Waals surface area (Å²) in [4.78, 5) is 12.0. The number of carbonyl (C=O) groups excluding carboxylic acids is 1. The van der Waals surface area contributed by atoms with Gasteiger partial charge in [-0.1, -0.05) is 25.1 Å². The molecule has 1 amide bonds. The molecule has 134 valence electrons. The molecule has 1 aromatic carbocycles. The Morgan fingerprint density at radius 3 is 2.38 bits per heavy atom. The number of amides is 1. The number of rotatable bonds is 9. The minimum Gasteiger partial charge on any atom is -0.376 e. The van der Waals surface area contributed by atoms with Crippen molar-refractivity contribution in [2.24, 2.45) is 0 Å². The zero-order valence-electron chi connectivity index (χ0n) is 14.9. The number of ether oxygens (including phenoxy) is 2. The van der Waals surface area contributed by atoms with Gasteiger partial charge < -0.3 is 14.8 Å². The van der Waals surface area contributed by atoms with Gasteiger partial charge in [0.15, 0.2) is 5.11 Å². The first kappa shape index (κ1) is 20.5. The van der Waals surface area contributed by atoms with Gasteiger partial charge in [-0.25, -0.2) is 0 Å². The molecule has 1 aromatic rings. The Labute approximate surface area is 150 Å². The fraction of sp³-hybridized carbons (Fsp3) is 0.556. The Bertz CT molecular complexity index is 510. The standard InChI is InChI=1S/C18H28N2O3S/c1-5-11-22-14(3)15(4)23-12-13(2)19-18(24)20-17(21)16-9-7-6-8-10-16/h6-10,13-15H,5,11-12H2,1-4H3,(H2,19,20,21,24). The Morgan fingerprint density at radius 2 is 1.75 bits per heavy atom. The van der Waals surface area contributed by atoms with Crippen LogP contribution in [0.3, 0.4) is 0 Å². The molecule has 1 rings (SSSR count). The smallest absolute Gasteiger partial charge is 0.257 e. The first-order valence-corrected chi connectivity index (χ1v) is 8.75. The third-order valence-electron chi connectivity index (χ3n) is 3.50. The third-order valence-corrected chi connectivity index (χ3v) is 3.72. The minimum absolute atomic E-state index is 0.00622. The summed E-state index contributed by atoms with van der Waals surface area (Å²) in [7, 11) is 0. The van der Waals surface area contributed by atoms with E-state index in [0.29, 0.717) is 17.3 Å². The average molecular weight is 353 g/mol. The van der Waals surface area contributed by atoms with Crippen LogP contribution in [-0.2, 0) is 9.47 Å². The summed E-state index contributed by atoms with van der Waals surface area (Å²) in [6.07, 6.45) is 1.03. The fourth-order valence-corrected chi connectivity index (χ4v) is 2.23. The number of thiocarbonyl (C=S) groups is 1. The molecule has 2 N–H and O–H groups in total. The molecule has 5 nitrogen and oxygen atoms in total. The van der Waals surface area contributed by atoms with Gasteiger partial charge in [0.05, 0.1) is 18.8 Å². The van der Waals surface area contributed by atoms with Crippen molar-refractivity contribution in [1.82, 2.24) is 10.6 Å². The molecular formula is C18H28N2O3S. The van der Waals surface area contributed by atoms with Crippen LogP contribution in [0.15, 0.2) is 30.3 Å². The largest absolute Gasteiger partial charge is 0.376 e. The monoisotopic (exact) mass is 352 g/mol. The van der Waals surface area contributed by atoms with E-state index < -0.39 is 0 Å². The van der Waals surface area contributed by atoms with Crippen LogP contribution in [0.2, 0.25) is 0 Å². The zero-order chi connectivity index (χ0) is 17.9. The van der Waals surface area contributed by atoms with Crippen molar-refractivity contribution in [2.45, 2.75) is 52.4 Å². The predicted molar refractivity (Wildman–Crippen MR) is 100 cm³/mol. The van der Waals surface area contributed by atoms with Crippen molar-refractivity contribution in [2.75, 3.05) is 13.2 Å². The van der Waals surface area contributed by atoms with Gasteiger partial charge in [0.1, 0.15) is 0 Å². The van der Waals surface area contributed by atoms with E-state index in [2.05, 4.69) is 17.6 Å². The van der Waals surface area contributed by atoms with Crippen molar-refractivity contribution in [3.8, 4) is 0 Å². The van der Waals surface area contributed by atoms with Crippen LogP contribution in [0.4, 0.5) is 0 Å². The maximum absolute atomic E-state index is 12.0. The molecular weight excluding hydrogens is 324 g/mol. The molecule has 24 heavy (non-hydrogen) atoms. The van der Waals surface area contributed by atoms with Crippen LogP contribution in [0.1, 0.15) is 44.5 Å². The Morgan fingerprint density at radius 1 is 1.12 bits per heavy atom. The molecule has 6 heteroatoms. The molecule has 0 aliphatic heterocycles. The van der Waals surface area contributed by atoms with E-state index in [9.17, 15) is 4.79 Å². The SMILES string of the molecule is CCCOC(C)C(C)OCC(C)NC(=S)NC(=O)c1ccccc1. The molecule has 0 fully saturated rings. The molecule has 0 saturated carbocycles. The van der Waals surface area contributed by atoms with Crippen molar-refractivity contribution in [1.29, 1.82) is 0 Å². The summed E-state index contributed by atoms with van der Waals surface area (Å²) in [5.41, 5.74) is 0.570. The molecule has 3 unspecified atom stereocenters. The van der Waals surface area contributed by atoms with Crippen molar-refractivity contribution in [3.05, 3.63) is 35.9 Å². The van der Waals surface area contributed by atoms with Crippen molar-refractivity contribution < 1.29 is 14.3 Å². The first-order valence-electron chi connectivity index (χ1n) is 8.34. The fourth-order valence-electron chi connectivity index (χ4n) is 1.94. The molecule has 0 aliphatic carbocycles. The highest BCUT2D eigenvalue weighted by atomic mass is 32.1. The van der Waals surface area contributed by atoms with Gasteiger partial charge >= 0.3 is 0 Å². The lowest BCUT2D eigenvalue weighted by molar-refractivity contribution is -0.0591. The normalized spacial score (nSPS) is 14.5. The molecule has 3 atom stereocenters. The number of hydrogen-bond donors (Lipinski definition) is 2. The van der Waals surface area contributed by atoms with Gasteiger partial charge in [0.2, 0.25) is 0 Å². The zero-order valence-corrected chi connectivity index (χ0v) is 15.7. The highest BCUT2D eigenvalue weighted by Gasteiger charge is 2.15. The molecule has 0 saturated heterocycles. The van der Waals surface area contributed by atoms with Crippen LogP contribution in [-0.4, -0.2) is 42.5 Å². The van der Waals surface area contributed by atoms with E-state index in [-0.39, 0.29) is 24.2 Å². The maximum Gasteiger partial charge on any atom is 0.257 e. The summed E-state index contributed by atoms with van der Waals surface area (Å²) in [5.74, 6) is -0.226. The molecule has 0 radical (unpaired) electrons. The maximum atomic E-state index is 12.0. The number of carbonyl (C=O) groups is 1. The molecule has 0 bridgehead atoms. The van der Waals surface area contributed by atoms with Gasteiger partial charge in [-0.05, 0) is 51.5 Å². The lowest BCUT2D eigenvalue weighted by Crippen LogP contribution is -2.45. The van der Waals surface area contributed by atoms with E-state index >= 15 is 0 Å². The lowest BCUT2D eigenvalue weighted by Gasteiger charge is -2.23. The van der Waals surface area contributed by atoms with Gasteiger partial charge in [-0.15, -0.1) is 0 Å². The number of nitrogens with one attached hydrogen (secondary N) is 2. The van der Waals surface area contributed by atoms with E-state index in [1.54, 1.807) is 12.1 Å². The average Bonchev–Trinajstić information content (AvgIpc) is 2.58. The van der Waals surface area contributed by atoms with Crippen LogP contribution < -0.4 is 10.6 Å². The summed E-state index contributed by atoms with van der Waals surface area (Å²) in [6, 6.07) is 8.94. The van der Waals surface area contributed by atoms with Gasteiger partial charge in [-0.3, -0.25) is 10.1 Å². The summed E-state index contributed by atoms with van der Waals surface area (Å²) in [6.45, 7) is 9.23. The summed E-state index contributed by atoms with van der Waals surface area (Å²) < 4.78 is 11.4. The van der Waals surface area contributed by atoms with E-state index in [4.69, 9.17) is 21.7 Å². The highest BCUT2D eigenvalue weighted by molar-refractivity contribution is 7.80. The molecule has 0 heterocycles. The number of benzene rings is 1. The quantitative estimate of drug-likeness (QED) is 0.669. The van der Waals surface area contributed by atoms with Gasteiger partial charge in [-0.2, -0.15) is 0 Å². The van der Waals surface area contributed by atoms with E-state index in [0.717, 1.165) is 13.0 Å². The third kappa shape index (κ3) is 7.86. The molecule has 0 aromatic heterocycles. The first-order chi connectivity index (χ1) is 11.4. The van der Waals surface area contributed by atoms with Gasteiger partial charge in [0, 0.05) is 18.2 Å². The van der Waals surface area contributed by atoms with Crippen molar-refractivity contribution >= 4 is 23.2 Å². The lowest BCUT2D eigenvalue weighted by atomic mass is 10.2.